The summed E-state index contributed by atoms with van der Waals surface area (Å²) in [5.74, 6) is 1.83. The molecule has 3 aromatic rings. The van der Waals surface area contributed by atoms with Gasteiger partial charge < -0.3 is 14.6 Å². The Morgan fingerprint density at radius 2 is 1.76 bits per heavy atom. The highest BCUT2D eigenvalue weighted by atomic mass is 32.2. The molecule has 0 fully saturated rings. The third-order valence-electron chi connectivity index (χ3n) is 4.29. The van der Waals surface area contributed by atoms with Gasteiger partial charge in [0.1, 0.15) is 5.75 Å². The quantitative estimate of drug-likeness (QED) is 0.545. The Balaban J connectivity index is 1.67. The van der Waals surface area contributed by atoms with Crippen LogP contribution in [-0.2, 0) is 11.3 Å². The molecule has 0 saturated carbocycles. The largest absolute Gasteiger partial charge is 0.494 e. The number of rotatable bonds is 8. The predicted molar refractivity (Wildman–Crippen MR) is 118 cm³/mol. The van der Waals surface area contributed by atoms with E-state index in [0.717, 1.165) is 45.7 Å². The maximum Gasteiger partial charge on any atom is 0.234 e. The highest BCUT2D eigenvalue weighted by molar-refractivity contribution is 7.99. The van der Waals surface area contributed by atoms with E-state index in [4.69, 9.17) is 4.74 Å². The van der Waals surface area contributed by atoms with E-state index in [9.17, 15) is 4.79 Å². The first-order valence-electron chi connectivity index (χ1n) is 9.67. The van der Waals surface area contributed by atoms with Crippen molar-refractivity contribution < 1.29 is 9.53 Å². The molecule has 0 aliphatic rings. The van der Waals surface area contributed by atoms with Crippen LogP contribution < -0.4 is 10.1 Å². The first-order valence-corrected chi connectivity index (χ1v) is 10.7. The van der Waals surface area contributed by atoms with E-state index in [1.54, 1.807) is 0 Å². The maximum absolute atomic E-state index is 12.4. The van der Waals surface area contributed by atoms with Crippen molar-refractivity contribution in [2.45, 2.75) is 39.4 Å². The van der Waals surface area contributed by atoms with Gasteiger partial charge in [0.15, 0.2) is 11.0 Å². The van der Waals surface area contributed by atoms with Crippen LogP contribution in [0.15, 0.2) is 47.6 Å². The van der Waals surface area contributed by atoms with E-state index >= 15 is 0 Å². The number of thioether (sulfide) groups is 1. The summed E-state index contributed by atoms with van der Waals surface area (Å²) in [6.07, 6.45) is 0. The number of hydrogen-bond acceptors (Lipinski definition) is 5. The van der Waals surface area contributed by atoms with Crippen molar-refractivity contribution in [3.05, 3.63) is 53.6 Å². The highest BCUT2D eigenvalue weighted by Gasteiger charge is 2.15. The Kier molecular flexibility index (Phi) is 6.93. The summed E-state index contributed by atoms with van der Waals surface area (Å²) in [5.41, 5.74) is 4.03. The molecule has 0 unspecified atom stereocenters. The summed E-state index contributed by atoms with van der Waals surface area (Å²) in [4.78, 5) is 12.4. The van der Waals surface area contributed by atoms with Gasteiger partial charge in [0.25, 0.3) is 0 Å². The monoisotopic (exact) mass is 410 g/mol. The van der Waals surface area contributed by atoms with Gasteiger partial charge in [0.05, 0.1) is 12.4 Å². The molecule has 1 heterocycles. The number of benzene rings is 2. The molecule has 1 amide bonds. The SMILES string of the molecule is CCOc1ccc(-c2nnc(SCC(=O)Nc3cc(C)cc(C)c3)n2CC)cc1. The number of carbonyl (C=O) groups is 1. The number of aromatic nitrogens is 3. The van der Waals surface area contributed by atoms with Crippen molar-refractivity contribution >= 4 is 23.4 Å². The smallest absolute Gasteiger partial charge is 0.234 e. The molecule has 0 bridgehead atoms. The molecule has 152 valence electrons. The molecule has 0 atom stereocenters. The Labute approximate surface area is 175 Å². The Morgan fingerprint density at radius 1 is 1.07 bits per heavy atom. The van der Waals surface area contributed by atoms with Crippen LogP contribution in [-0.4, -0.2) is 33.0 Å². The van der Waals surface area contributed by atoms with Crippen molar-refractivity contribution in [3.63, 3.8) is 0 Å². The van der Waals surface area contributed by atoms with Crippen LogP contribution >= 0.6 is 11.8 Å². The third-order valence-corrected chi connectivity index (χ3v) is 5.26. The molecule has 1 aromatic heterocycles. The number of nitrogens with zero attached hydrogens (tertiary/aromatic N) is 3. The normalized spacial score (nSPS) is 10.8. The number of aryl methyl sites for hydroxylation is 2. The summed E-state index contributed by atoms with van der Waals surface area (Å²) in [5, 5.41) is 12.3. The minimum absolute atomic E-state index is 0.0618. The van der Waals surface area contributed by atoms with Crippen molar-refractivity contribution in [1.82, 2.24) is 14.8 Å². The molecule has 0 aliphatic heterocycles. The topological polar surface area (TPSA) is 69.0 Å². The van der Waals surface area contributed by atoms with Gasteiger partial charge in [-0.2, -0.15) is 0 Å². The van der Waals surface area contributed by atoms with Gasteiger partial charge in [-0.15, -0.1) is 10.2 Å². The number of ether oxygens (including phenoxy) is 1. The molecule has 0 aliphatic carbocycles. The Hall–Kier alpha value is -2.80. The maximum atomic E-state index is 12.4. The first-order chi connectivity index (χ1) is 14.0. The molecular weight excluding hydrogens is 384 g/mol. The summed E-state index contributed by atoms with van der Waals surface area (Å²) in [6, 6.07) is 13.8. The molecule has 0 saturated heterocycles. The first kappa shape index (κ1) is 20.9. The van der Waals surface area contributed by atoms with Crippen LogP contribution in [0.2, 0.25) is 0 Å². The minimum Gasteiger partial charge on any atom is -0.494 e. The lowest BCUT2D eigenvalue weighted by Crippen LogP contribution is -2.15. The van der Waals surface area contributed by atoms with Gasteiger partial charge >= 0.3 is 0 Å². The molecule has 3 rings (SSSR count). The van der Waals surface area contributed by atoms with Crippen LogP contribution in [0.5, 0.6) is 5.75 Å². The fourth-order valence-corrected chi connectivity index (χ4v) is 3.94. The summed E-state index contributed by atoms with van der Waals surface area (Å²) >= 11 is 1.39. The van der Waals surface area contributed by atoms with Gasteiger partial charge in [0, 0.05) is 17.8 Å². The van der Waals surface area contributed by atoms with E-state index in [-0.39, 0.29) is 11.7 Å². The average Bonchev–Trinajstić information content (AvgIpc) is 3.09. The van der Waals surface area contributed by atoms with Crippen molar-refractivity contribution in [1.29, 1.82) is 0 Å². The predicted octanol–water partition coefficient (Wildman–Crippen LogP) is 4.71. The van der Waals surface area contributed by atoms with Gasteiger partial charge in [-0.25, -0.2) is 0 Å². The molecule has 6 nitrogen and oxygen atoms in total. The standard InChI is InChI=1S/C22H26N4O2S/c1-5-26-21(17-7-9-19(10-8-17)28-6-2)24-25-22(26)29-14-20(27)23-18-12-15(3)11-16(4)13-18/h7-13H,5-6,14H2,1-4H3,(H,23,27). The van der Waals surface area contributed by atoms with Gasteiger partial charge in [-0.1, -0.05) is 17.8 Å². The van der Waals surface area contributed by atoms with E-state index in [1.807, 2.05) is 68.7 Å². The molecule has 2 aromatic carbocycles. The molecular formula is C22H26N4O2S. The number of carbonyl (C=O) groups excluding carboxylic acids is 1. The van der Waals surface area contributed by atoms with Crippen LogP contribution in [0.3, 0.4) is 0 Å². The van der Waals surface area contributed by atoms with E-state index < -0.39 is 0 Å². The average molecular weight is 411 g/mol. The Morgan fingerprint density at radius 3 is 2.38 bits per heavy atom. The van der Waals surface area contributed by atoms with E-state index in [0.29, 0.717) is 6.61 Å². The Bertz CT molecular complexity index is 963. The fraction of sp³-hybridized carbons (Fsp3) is 0.318. The number of hydrogen-bond donors (Lipinski definition) is 1. The summed E-state index contributed by atoms with van der Waals surface area (Å²) in [6.45, 7) is 9.39. The van der Waals surface area contributed by atoms with Crippen molar-refractivity contribution in [3.8, 4) is 17.1 Å². The van der Waals surface area contributed by atoms with Crippen LogP contribution in [0.25, 0.3) is 11.4 Å². The van der Waals surface area contributed by atoms with Crippen LogP contribution in [0.1, 0.15) is 25.0 Å². The van der Waals surface area contributed by atoms with Crippen molar-refractivity contribution in [2.75, 3.05) is 17.7 Å². The lowest BCUT2D eigenvalue weighted by molar-refractivity contribution is -0.113. The summed E-state index contributed by atoms with van der Waals surface area (Å²) < 4.78 is 7.51. The van der Waals surface area contributed by atoms with E-state index in [1.165, 1.54) is 11.8 Å². The summed E-state index contributed by atoms with van der Waals surface area (Å²) in [7, 11) is 0. The zero-order chi connectivity index (χ0) is 20.8. The lowest BCUT2D eigenvalue weighted by atomic mass is 10.1. The molecule has 0 spiro atoms. The number of amides is 1. The van der Waals surface area contributed by atoms with Gasteiger partial charge in [0.2, 0.25) is 5.91 Å². The zero-order valence-electron chi connectivity index (χ0n) is 17.2. The number of anilines is 1. The number of nitrogens with one attached hydrogen (secondary N) is 1. The zero-order valence-corrected chi connectivity index (χ0v) is 18.0. The molecule has 1 N–H and O–H groups in total. The third kappa shape index (κ3) is 5.38. The minimum atomic E-state index is -0.0618. The van der Waals surface area contributed by atoms with Crippen LogP contribution in [0, 0.1) is 13.8 Å². The molecule has 7 heteroatoms. The fourth-order valence-electron chi connectivity index (χ4n) is 3.13. The molecule has 0 radical (unpaired) electrons. The molecule has 29 heavy (non-hydrogen) atoms. The second kappa shape index (κ2) is 9.60. The van der Waals surface area contributed by atoms with Gasteiger partial charge in [-0.3, -0.25) is 4.79 Å². The second-order valence-electron chi connectivity index (χ2n) is 6.72. The highest BCUT2D eigenvalue weighted by Crippen LogP contribution is 2.26. The van der Waals surface area contributed by atoms with E-state index in [2.05, 4.69) is 21.6 Å². The second-order valence-corrected chi connectivity index (χ2v) is 7.66. The van der Waals surface area contributed by atoms with Crippen LogP contribution in [0.4, 0.5) is 5.69 Å². The van der Waals surface area contributed by atoms with Gasteiger partial charge in [-0.05, 0) is 75.2 Å². The van der Waals surface area contributed by atoms with Crippen molar-refractivity contribution in [2.24, 2.45) is 0 Å². The lowest BCUT2D eigenvalue weighted by Gasteiger charge is -2.09.